The molecule has 206 valence electrons. The molecule has 5 rings (SSSR count). The minimum Gasteiger partial charge on any atom is -0.497 e. The smallest absolute Gasteiger partial charge is 0.291 e. The molecule has 1 aromatic carbocycles. The normalized spacial score (nSPS) is 11.2. The number of halogens is 2. The Labute approximate surface area is 230 Å². The van der Waals surface area contributed by atoms with Crippen LogP contribution in [0.3, 0.4) is 0 Å². The summed E-state index contributed by atoms with van der Waals surface area (Å²) in [6.07, 6.45) is -1.20. The van der Waals surface area contributed by atoms with Gasteiger partial charge < -0.3 is 24.9 Å². The van der Waals surface area contributed by atoms with Crippen molar-refractivity contribution in [2.45, 2.75) is 20.0 Å². The summed E-state index contributed by atoms with van der Waals surface area (Å²) in [5.74, 6) is -0.0459. The number of methoxy groups -OCH3 is 1. The van der Waals surface area contributed by atoms with Crippen molar-refractivity contribution in [3.63, 3.8) is 0 Å². The van der Waals surface area contributed by atoms with Gasteiger partial charge >= 0.3 is 0 Å². The number of furan rings is 1. The van der Waals surface area contributed by atoms with E-state index in [9.17, 15) is 18.4 Å². The Morgan fingerprint density at radius 3 is 2.62 bits per heavy atom. The number of benzene rings is 1. The number of nitrogens with one attached hydrogen (secondary N) is 1. The number of hydrogen-bond acceptors (Lipinski definition) is 8. The molecule has 0 unspecified atom stereocenters. The first-order valence-electron chi connectivity index (χ1n) is 11.9. The summed E-state index contributed by atoms with van der Waals surface area (Å²) >= 11 is 0.814. The highest BCUT2D eigenvalue weighted by atomic mass is 32.1. The quantitative estimate of drug-likeness (QED) is 0.241. The van der Waals surface area contributed by atoms with Crippen molar-refractivity contribution in [1.29, 1.82) is 0 Å². The number of ether oxygens (including phenoxy) is 2. The summed E-state index contributed by atoms with van der Waals surface area (Å²) in [6, 6.07) is 11.3. The topological polar surface area (TPSA) is 134 Å². The second-order valence-electron chi connectivity index (χ2n) is 8.74. The number of primary amides is 1. The lowest BCUT2D eigenvalue weighted by Crippen LogP contribution is -2.16. The molecule has 0 fully saturated rings. The lowest BCUT2D eigenvalue weighted by Gasteiger charge is -2.10. The molecule has 0 spiro atoms. The van der Waals surface area contributed by atoms with E-state index in [0.29, 0.717) is 39.5 Å². The number of carbonyl (C=O) groups is 2. The van der Waals surface area contributed by atoms with Gasteiger partial charge in [0, 0.05) is 30.3 Å². The third kappa shape index (κ3) is 5.23. The molecule has 40 heavy (non-hydrogen) atoms. The minimum absolute atomic E-state index is 0.0408. The molecule has 10 nitrogen and oxygen atoms in total. The van der Waals surface area contributed by atoms with Crippen LogP contribution in [-0.2, 0) is 13.7 Å². The summed E-state index contributed by atoms with van der Waals surface area (Å²) in [4.78, 5) is 29.7. The van der Waals surface area contributed by atoms with Gasteiger partial charge in [0.2, 0.25) is 0 Å². The van der Waals surface area contributed by atoms with Gasteiger partial charge in [-0.25, -0.2) is 13.8 Å². The van der Waals surface area contributed by atoms with Crippen LogP contribution in [0.4, 0.5) is 14.5 Å². The average molecular weight is 568 g/mol. The maximum Gasteiger partial charge on any atom is 0.291 e. The number of thiophene rings is 1. The number of hydrogen-bond donors (Lipinski definition) is 2. The van der Waals surface area contributed by atoms with Crippen molar-refractivity contribution in [3.05, 3.63) is 76.4 Å². The van der Waals surface area contributed by atoms with Gasteiger partial charge in [-0.15, -0.1) is 11.3 Å². The molecule has 0 aliphatic rings. The van der Waals surface area contributed by atoms with Gasteiger partial charge in [0.15, 0.2) is 5.76 Å². The Balaban J connectivity index is 1.49. The second kappa shape index (κ2) is 10.8. The zero-order valence-corrected chi connectivity index (χ0v) is 22.3. The number of aromatic nitrogens is 3. The molecular formula is C27H23F2N5O5S. The summed E-state index contributed by atoms with van der Waals surface area (Å²) in [5, 5.41) is 7.28. The van der Waals surface area contributed by atoms with E-state index >= 15 is 0 Å². The van der Waals surface area contributed by atoms with Crippen molar-refractivity contribution >= 4 is 39.1 Å². The highest BCUT2D eigenvalue weighted by molar-refractivity contribution is 7.21. The number of nitrogens with zero attached hydrogens (tertiary/aromatic N) is 3. The van der Waals surface area contributed by atoms with E-state index in [1.165, 1.54) is 16.8 Å². The fourth-order valence-electron chi connectivity index (χ4n) is 4.20. The second-order valence-corrected chi connectivity index (χ2v) is 9.73. The molecule has 4 aromatic heterocycles. The predicted molar refractivity (Wildman–Crippen MR) is 144 cm³/mol. The van der Waals surface area contributed by atoms with Crippen molar-refractivity contribution < 1.29 is 32.3 Å². The van der Waals surface area contributed by atoms with E-state index in [1.807, 2.05) is 0 Å². The van der Waals surface area contributed by atoms with E-state index in [4.69, 9.17) is 19.6 Å². The number of alkyl halides is 2. The molecule has 5 aromatic rings. The van der Waals surface area contributed by atoms with Crippen LogP contribution in [-0.4, -0.2) is 33.7 Å². The van der Waals surface area contributed by atoms with E-state index in [1.54, 1.807) is 57.6 Å². The monoisotopic (exact) mass is 567 g/mol. The number of pyridine rings is 1. The van der Waals surface area contributed by atoms with E-state index in [0.717, 1.165) is 11.3 Å². The predicted octanol–water partition coefficient (Wildman–Crippen LogP) is 5.47. The van der Waals surface area contributed by atoms with Gasteiger partial charge in [-0.1, -0.05) is 6.07 Å². The summed E-state index contributed by atoms with van der Waals surface area (Å²) in [5.41, 5.74) is 6.61. The fourth-order valence-corrected chi connectivity index (χ4v) is 5.21. The Kier molecular flexibility index (Phi) is 7.22. The molecule has 0 bridgehead atoms. The Morgan fingerprint density at radius 2 is 1.95 bits per heavy atom. The third-order valence-corrected chi connectivity index (χ3v) is 7.08. The highest BCUT2D eigenvalue weighted by Crippen LogP contribution is 2.43. The molecule has 0 saturated heterocycles. The van der Waals surface area contributed by atoms with Crippen LogP contribution in [0.15, 0.2) is 53.1 Å². The van der Waals surface area contributed by atoms with Crippen molar-refractivity contribution in [1.82, 2.24) is 14.8 Å². The summed E-state index contributed by atoms with van der Waals surface area (Å²) in [7, 11) is 3.24. The highest BCUT2D eigenvalue weighted by Gasteiger charge is 2.27. The van der Waals surface area contributed by atoms with Gasteiger partial charge in [0.05, 0.1) is 18.5 Å². The zero-order valence-electron chi connectivity index (χ0n) is 21.5. The minimum atomic E-state index is -2.86. The lowest BCUT2D eigenvalue weighted by molar-refractivity contribution is 0.0992. The number of fused-ring (bicyclic) bond motifs is 1. The van der Waals surface area contributed by atoms with E-state index < -0.39 is 23.9 Å². The number of nitrogens with two attached hydrogens (primary N) is 1. The largest absolute Gasteiger partial charge is 0.497 e. The van der Waals surface area contributed by atoms with Crippen LogP contribution in [0.25, 0.3) is 21.3 Å². The van der Waals surface area contributed by atoms with Gasteiger partial charge in [0.1, 0.15) is 39.3 Å². The Hall–Kier alpha value is -4.78. The number of rotatable bonds is 9. The first kappa shape index (κ1) is 26.8. The van der Waals surface area contributed by atoms with Crippen LogP contribution in [0, 0.1) is 6.92 Å². The standard InChI is InChI=1S/C27H23F2N5O5S/c1-13-18(11-34(2)33-13)17-10-19(24(28)29)31-27-21(17)22(23(40-27)25(30)35)32-26(36)20-8-7-16(39-20)12-38-15-6-4-5-14(9-15)37-3/h4-11,24H,12H2,1-3H3,(H2,30,35)(H,32,36). The molecule has 4 heterocycles. The third-order valence-electron chi connectivity index (χ3n) is 5.98. The molecule has 0 atom stereocenters. The molecular weight excluding hydrogens is 544 g/mol. The summed E-state index contributed by atoms with van der Waals surface area (Å²) < 4.78 is 45.6. The van der Waals surface area contributed by atoms with Crippen LogP contribution in [0.2, 0.25) is 0 Å². The molecule has 3 N–H and O–H groups in total. The molecule has 0 saturated carbocycles. The average Bonchev–Trinajstić information content (AvgIpc) is 3.64. The number of amides is 2. The maximum atomic E-state index is 13.7. The van der Waals surface area contributed by atoms with Crippen LogP contribution in [0.5, 0.6) is 11.5 Å². The molecule has 0 radical (unpaired) electrons. The number of carbonyl (C=O) groups excluding carboxylic acids is 2. The SMILES string of the molecule is COc1cccc(OCc2ccc(C(=O)Nc3c(C(N)=O)sc4nc(C(F)F)cc(-c5cn(C)nc5C)c34)o2)c1. The van der Waals surface area contributed by atoms with Gasteiger partial charge in [-0.05, 0) is 42.8 Å². The van der Waals surface area contributed by atoms with Crippen LogP contribution >= 0.6 is 11.3 Å². The number of anilines is 1. The lowest BCUT2D eigenvalue weighted by atomic mass is 10.0. The Bertz CT molecular complexity index is 1740. The van der Waals surface area contributed by atoms with Crippen molar-refractivity contribution in [2.24, 2.45) is 12.8 Å². The zero-order chi connectivity index (χ0) is 28.6. The van der Waals surface area contributed by atoms with Gasteiger partial charge in [0.25, 0.3) is 18.2 Å². The van der Waals surface area contributed by atoms with Crippen molar-refractivity contribution in [2.75, 3.05) is 12.4 Å². The Morgan fingerprint density at radius 1 is 1.18 bits per heavy atom. The first-order chi connectivity index (χ1) is 19.1. The first-order valence-corrected chi connectivity index (χ1v) is 12.7. The fraction of sp³-hybridized carbons (Fsp3) is 0.185. The molecule has 2 amide bonds. The maximum absolute atomic E-state index is 13.7. The van der Waals surface area contributed by atoms with E-state index in [2.05, 4.69) is 15.4 Å². The summed E-state index contributed by atoms with van der Waals surface area (Å²) in [6.45, 7) is 1.76. The number of aryl methyl sites for hydroxylation is 2. The van der Waals surface area contributed by atoms with Gasteiger partial charge in [-0.2, -0.15) is 5.10 Å². The van der Waals surface area contributed by atoms with E-state index in [-0.39, 0.29) is 27.8 Å². The molecule has 0 aliphatic carbocycles. The van der Waals surface area contributed by atoms with Crippen molar-refractivity contribution in [3.8, 4) is 22.6 Å². The van der Waals surface area contributed by atoms with Gasteiger partial charge in [-0.3, -0.25) is 14.3 Å². The molecule has 13 heteroatoms. The molecule has 0 aliphatic heterocycles. The van der Waals surface area contributed by atoms with Crippen LogP contribution < -0.4 is 20.5 Å². The van der Waals surface area contributed by atoms with Crippen LogP contribution in [0.1, 0.15) is 43.8 Å².